The molecule has 0 aliphatic heterocycles. The van der Waals surface area contributed by atoms with Crippen LogP contribution in [0.5, 0.6) is 0 Å². The molecule has 0 aliphatic rings. The molecule has 0 saturated heterocycles. The van der Waals surface area contributed by atoms with Gasteiger partial charge in [0.05, 0.1) is 5.69 Å². The molecule has 0 fully saturated rings. The highest BCUT2D eigenvalue weighted by atomic mass is 16.1. The number of hydrogen-bond acceptors (Lipinski definition) is 4. The molecule has 20 heavy (non-hydrogen) atoms. The van der Waals surface area contributed by atoms with Gasteiger partial charge in [0.25, 0.3) is 5.91 Å². The molecule has 0 aliphatic carbocycles. The van der Waals surface area contributed by atoms with Crippen molar-refractivity contribution in [1.29, 1.82) is 0 Å². The number of nitrogen functional groups attached to an aromatic ring is 1. The number of nitrogens with two attached hydrogens (primary N) is 1. The van der Waals surface area contributed by atoms with E-state index in [2.05, 4.69) is 15.7 Å². The van der Waals surface area contributed by atoms with E-state index in [4.69, 9.17) is 5.84 Å². The minimum atomic E-state index is -0.0780. The third-order valence-electron chi connectivity index (χ3n) is 3.09. The zero-order valence-corrected chi connectivity index (χ0v) is 11.4. The van der Waals surface area contributed by atoms with E-state index in [9.17, 15) is 4.79 Å². The number of pyridine rings is 1. The monoisotopic (exact) mass is 270 g/mol. The SMILES string of the molecule is Cc1cc(C(=O)NCCc2ccncc2)ccc1NN. The molecule has 1 aromatic heterocycles. The van der Waals surface area contributed by atoms with E-state index >= 15 is 0 Å². The van der Waals surface area contributed by atoms with Gasteiger partial charge in [-0.25, -0.2) is 0 Å². The standard InChI is InChI=1S/C15H18N4O/c1-11-10-13(2-3-14(11)19-16)15(20)18-9-6-12-4-7-17-8-5-12/h2-5,7-8,10,19H,6,9,16H2,1H3,(H,18,20). The van der Waals surface area contributed by atoms with Crippen LogP contribution in [0.2, 0.25) is 0 Å². The maximum atomic E-state index is 12.0. The van der Waals surface area contributed by atoms with Gasteiger partial charge in [0, 0.05) is 24.5 Å². The van der Waals surface area contributed by atoms with Crippen LogP contribution in [-0.4, -0.2) is 17.4 Å². The van der Waals surface area contributed by atoms with E-state index < -0.39 is 0 Å². The fraction of sp³-hybridized carbons (Fsp3) is 0.200. The van der Waals surface area contributed by atoms with Gasteiger partial charge in [0.15, 0.2) is 0 Å². The Balaban J connectivity index is 1.90. The van der Waals surface area contributed by atoms with Crippen molar-refractivity contribution in [2.75, 3.05) is 12.0 Å². The van der Waals surface area contributed by atoms with Crippen LogP contribution in [0.1, 0.15) is 21.5 Å². The molecular weight excluding hydrogens is 252 g/mol. The van der Waals surface area contributed by atoms with Gasteiger partial charge in [-0.15, -0.1) is 0 Å². The Hall–Kier alpha value is -2.40. The summed E-state index contributed by atoms with van der Waals surface area (Å²) in [7, 11) is 0. The molecule has 5 heteroatoms. The molecule has 0 saturated carbocycles. The number of hydrogen-bond donors (Lipinski definition) is 3. The second-order valence-electron chi connectivity index (χ2n) is 4.54. The summed E-state index contributed by atoms with van der Waals surface area (Å²) in [6.07, 6.45) is 4.29. The Kier molecular flexibility index (Phi) is 4.68. The summed E-state index contributed by atoms with van der Waals surface area (Å²) in [4.78, 5) is 16.0. The fourth-order valence-corrected chi connectivity index (χ4v) is 1.94. The molecule has 0 spiro atoms. The number of aryl methyl sites for hydroxylation is 1. The van der Waals surface area contributed by atoms with E-state index in [0.717, 1.165) is 23.2 Å². The van der Waals surface area contributed by atoms with Crippen molar-refractivity contribution in [3.8, 4) is 0 Å². The molecule has 2 aromatic rings. The van der Waals surface area contributed by atoms with Gasteiger partial charge in [0.2, 0.25) is 0 Å². The average Bonchev–Trinajstić information content (AvgIpc) is 2.48. The fourth-order valence-electron chi connectivity index (χ4n) is 1.94. The van der Waals surface area contributed by atoms with Gasteiger partial charge in [-0.1, -0.05) is 0 Å². The van der Waals surface area contributed by atoms with Crippen LogP contribution in [0.15, 0.2) is 42.7 Å². The Morgan fingerprint density at radius 3 is 2.65 bits per heavy atom. The van der Waals surface area contributed by atoms with Crippen LogP contribution in [0.3, 0.4) is 0 Å². The molecular formula is C15H18N4O. The van der Waals surface area contributed by atoms with Crippen molar-refractivity contribution in [3.63, 3.8) is 0 Å². The van der Waals surface area contributed by atoms with Crippen molar-refractivity contribution in [1.82, 2.24) is 10.3 Å². The number of rotatable bonds is 5. The highest BCUT2D eigenvalue weighted by Crippen LogP contribution is 2.15. The van der Waals surface area contributed by atoms with Crippen LogP contribution in [0.25, 0.3) is 0 Å². The van der Waals surface area contributed by atoms with Crippen molar-refractivity contribution in [2.24, 2.45) is 5.84 Å². The Bertz CT molecular complexity index is 584. The number of benzene rings is 1. The largest absolute Gasteiger partial charge is 0.352 e. The van der Waals surface area contributed by atoms with Crippen molar-refractivity contribution in [2.45, 2.75) is 13.3 Å². The van der Waals surface area contributed by atoms with Crippen molar-refractivity contribution < 1.29 is 4.79 Å². The minimum Gasteiger partial charge on any atom is -0.352 e. The molecule has 2 rings (SSSR count). The van der Waals surface area contributed by atoms with E-state index in [1.807, 2.05) is 25.1 Å². The van der Waals surface area contributed by atoms with Crippen LogP contribution in [0.4, 0.5) is 5.69 Å². The van der Waals surface area contributed by atoms with Gasteiger partial charge in [-0.3, -0.25) is 15.6 Å². The van der Waals surface area contributed by atoms with Gasteiger partial charge in [-0.2, -0.15) is 0 Å². The molecule has 0 atom stereocenters. The average molecular weight is 270 g/mol. The smallest absolute Gasteiger partial charge is 0.251 e. The highest BCUT2D eigenvalue weighted by molar-refractivity contribution is 5.94. The number of carbonyl (C=O) groups excluding carboxylic acids is 1. The lowest BCUT2D eigenvalue weighted by Crippen LogP contribution is -2.25. The number of aromatic nitrogens is 1. The molecule has 0 bridgehead atoms. The Labute approximate surface area is 118 Å². The molecule has 1 heterocycles. The van der Waals surface area contributed by atoms with E-state index in [1.54, 1.807) is 24.5 Å². The van der Waals surface area contributed by atoms with E-state index in [0.29, 0.717) is 12.1 Å². The minimum absolute atomic E-state index is 0.0780. The third kappa shape index (κ3) is 3.55. The van der Waals surface area contributed by atoms with Crippen molar-refractivity contribution in [3.05, 3.63) is 59.4 Å². The van der Waals surface area contributed by atoms with E-state index in [1.165, 1.54) is 0 Å². The zero-order chi connectivity index (χ0) is 14.4. The number of nitrogens with zero attached hydrogens (tertiary/aromatic N) is 1. The first-order chi connectivity index (χ1) is 9.70. The zero-order valence-electron chi connectivity index (χ0n) is 11.4. The number of anilines is 1. The summed E-state index contributed by atoms with van der Waals surface area (Å²) >= 11 is 0. The number of amides is 1. The van der Waals surface area contributed by atoms with Crippen LogP contribution < -0.4 is 16.6 Å². The maximum Gasteiger partial charge on any atom is 0.251 e. The molecule has 0 unspecified atom stereocenters. The summed E-state index contributed by atoms with van der Waals surface area (Å²) < 4.78 is 0. The highest BCUT2D eigenvalue weighted by Gasteiger charge is 2.06. The Morgan fingerprint density at radius 2 is 2.00 bits per heavy atom. The van der Waals surface area contributed by atoms with E-state index in [-0.39, 0.29) is 5.91 Å². The lowest BCUT2D eigenvalue weighted by Gasteiger charge is -2.08. The number of carbonyl (C=O) groups is 1. The van der Waals surface area contributed by atoms with Crippen LogP contribution in [0, 0.1) is 6.92 Å². The quantitative estimate of drug-likeness (QED) is 0.570. The van der Waals surface area contributed by atoms with Crippen molar-refractivity contribution >= 4 is 11.6 Å². The predicted octanol–water partition coefficient (Wildman–Crippen LogP) is 1.65. The lowest BCUT2D eigenvalue weighted by molar-refractivity contribution is 0.0954. The Morgan fingerprint density at radius 1 is 1.25 bits per heavy atom. The summed E-state index contributed by atoms with van der Waals surface area (Å²) in [6.45, 7) is 2.50. The summed E-state index contributed by atoms with van der Waals surface area (Å²) in [5.41, 5.74) is 6.13. The second-order valence-corrected chi connectivity index (χ2v) is 4.54. The lowest BCUT2D eigenvalue weighted by atomic mass is 10.1. The number of hydrazine groups is 1. The number of nitrogens with one attached hydrogen (secondary N) is 2. The van der Waals surface area contributed by atoms with Gasteiger partial charge >= 0.3 is 0 Å². The first kappa shape index (κ1) is 14.0. The predicted molar refractivity (Wildman–Crippen MR) is 79.3 cm³/mol. The van der Waals surface area contributed by atoms with Crippen LogP contribution >= 0.6 is 0 Å². The summed E-state index contributed by atoms with van der Waals surface area (Å²) in [5, 5.41) is 2.90. The maximum absolute atomic E-state index is 12.0. The molecule has 0 radical (unpaired) electrons. The molecule has 4 N–H and O–H groups in total. The first-order valence-corrected chi connectivity index (χ1v) is 6.45. The third-order valence-corrected chi connectivity index (χ3v) is 3.09. The molecule has 1 amide bonds. The van der Waals surface area contributed by atoms with Gasteiger partial charge < -0.3 is 10.7 Å². The first-order valence-electron chi connectivity index (χ1n) is 6.45. The van der Waals surface area contributed by atoms with Gasteiger partial charge in [0.1, 0.15) is 0 Å². The normalized spacial score (nSPS) is 10.1. The molecule has 5 nitrogen and oxygen atoms in total. The second kappa shape index (κ2) is 6.68. The molecule has 1 aromatic carbocycles. The van der Waals surface area contributed by atoms with Crippen LogP contribution in [-0.2, 0) is 6.42 Å². The summed E-state index contributed by atoms with van der Waals surface area (Å²) in [5.74, 6) is 5.29. The van der Waals surface area contributed by atoms with Gasteiger partial charge in [-0.05, 0) is 54.8 Å². The summed E-state index contributed by atoms with van der Waals surface area (Å²) in [6, 6.07) is 9.25. The molecule has 104 valence electrons. The topological polar surface area (TPSA) is 80.0 Å².